The van der Waals surface area contributed by atoms with Crippen LogP contribution in [0.1, 0.15) is 24.8 Å². The summed E-state index contributed by atoms with van der Waals surface area (Å²) < 4.78 is 64.8. The standard InChI is InChI=1S/C17H16F4N2O4S/c18-11-5-4-10(7-12(11)27-17(19,20)21)9-28-16-22-8-13(15(24)23-16)26-14-3-1-2-6-25-14/h4-5,7-8,14H,1-3,6,9H2,(H,22,23,24). The molecule has 1 N–H and O–H groups in total. The second-order valence-electron chi connectivity index (χ2n) is 5.90. The van der Waals surface area contributed by atoms with Crippen molar-refractivity contribution in [3.8, 4) is 11.5 Å². The summed E-state index contributed by atoms with van der Waals surface area (Å²) >= 11 is 1.06. The Morgan fingerprint density at radius 1 is 1.29 bits per heavy atom. The Morgan fingerprint density at radius 2 is 2.11 bits per heavy atom. The van der Waals surface area contributed by atoms with E-state index >= 15 is 0 Å². The molecule has 0 saturated carbocycles. The van der Waals surface area contributed by atoms with E-state index in [9.17, 15) is 22.4 Å². The first-order chi connectivity index (χ1) is 13.3. The Bertz CT molecular complexity index is 869. The summed E-state index contributed by atoms with van der Waals surface area (Å²) in [6, 6.07) is 3.15. The SMILES string of the molecule is O=c1[nH]c(SCc2ccc(F)c(OC(F)(F)F)c2)ncc1OC1CCCCO1. The quantitative estimate of drug-likeness (QED) is 0.433. The van der Waals surface area contributed by atoms with Gasteiger partial charge < -0.3 is 14.2 Å². The van der Waals surface area contributed by atoms with Gasteiger partial charge in [0, 0.05) is 12.2 Å². The van der Waals surface area contributed by atoms with Gasteiger partial charge >= 0.3 is 6.36 Å². The minimum Gasteiger partial charge on any atom is -0.458 e. The first-order valence-electron chi connectivity index (χ1n) is 8.35. The maximum absolute atomic E-state index is 13.4. The fraction of sp³-hybridized carbons (Fsp3) is 0.412. The molecule has 1 saturated heterocycles. The maximum atomic E-state index is 13.4. The number of hydrogen-bond donors (Lipinski definition) is 1. The van der Waals surface area contributed by atoms with Crippen molar-refractivity contribution in [2.45, 2.75) is 42.8 Å². The Balaban J connectivity index is 1.62. The molecule has 1 aromatic carbocycles. The molecule has 0 aliphatic carbocycles. The molecule has 11 heteroatoms. The van der Waals surface area contributed by atoms with E-state index in [0.29, 0.717) is 18.6 Å². The Hall–Kier alpha value is -2.27. The van der Waals surface area contributed by atoms with Crippen molar-refractivity contribution < 1.29 is 31.8 Å². The van der Waals surface area contributed by atoms with Crippen molar-refractivity contribution in [2.75, 3.05) is 6.61 Å². The van der Waals surface area contributed by atoms with Crippen LogP contribution in [0.3, 0.4) is 0 Å². The van der Waals surface area contributed by atoms with Gasteiger partial charge in [0.1, 0.15) is 0 Å². The number of halogens is 4. The van der Waals surface area contributed by atoms with Crippen molar-refractivity contribution in [3.05, 3.63) is 46.1 Å². The first kappa shape index (κ1) is 20.5. The van der Waals surface area contributed by atoms with E-state index in [1.165, 1.54) is 12.3 Å². The van der Waals surface area contributed by atoms with Crippen molar-refractivity contribution >= 4 is 11.8 Å². The number of rotatable bonds is 6. The molecule has 0 spiro atoms. The van der Waals surface area contributed by atoms with Crippen LogP contribution in [-0.2, 0) is 10.5 Å². The van der Waals surface area contributed by atoms with Crippen LogP contribution in [0.5, 0.6) is 11.5 Å². The summed E-state index contributed by atoms with van der Waals surface area (Å²) in [7, 11) is 0. The molecule has 1 aliphatic heterocycles. The number of alkyl halides is 3. The first-order valence-corrected chi connectivity index (χ1v) is 9.33. The smallest absolute Gasteiger partial charge is 0.458 e. The average molecular weight is 420 g/mol. The van der Waals surface area contributed by atoms with Gasteiger partial charge in [-0.3, -0.25) is 9.78 Å². The van der Waals surface area contributed by atoms with Crippen LogP contribution in [0.15, 0.2) is 34.3 Å². The Kier molecular flexibility index (Phi) is 6.45. The molecule has 1 unspecified atom stereocenters. The van der Waals surface area contributed by atoms with Gasteiger partial charge in [-0.15, -0.1) is 13.2 Å². The molecule has 0 radical (unpaired) electrons. The summed E-state index contributed by atoms with van der Waals surface area (Å²) in [6.45, 7) is 0.571. The number of thioether (sulfide) groups is 1. The van der Waals surface area contributed by atoms with E-state index in [2.05, 4.69) is 14.7 Å². The highest BCUT2D eigenvalue weighted by Crippen LogP contribution is 2.28. The molecule has 1 fully saturated rings. The van der Waals surface area contributed by atoms with Crippen LogP contribution < -0.4 is 15.0 Å². The fourth-order valence-corrected chi connectivity index (χ4v) is 3.24. The molecule has 3 rings (SSSR count). The number of nitrogens with one attached hydrogen (secondary N) is 1. The number of hydrogen-bond acceptors (Lipinski definition) is 6. The molecule has 1 atom stereocenters. The van der Waals surface area contributed by atoms with Crippen LogP contribution in [0, 0.1) is 5.82 Å². The van der Waals surface area contributed by atoms with Crippen molar-refractivity contribution in [3.63, 3.8) is 0 Å². The van der Waals surface area contributed by atoms with E-state index in [4.69, 9.17) is 9.47 Å². The summed E-state index contributed by atoms with van der Waals surface area (Å²) in [5, 5.41) is 0.240. The van der Waals surface area contributed by atoms with Crippen LogP contribution in [0.4, 0.5) is 17.6 Å². The highest BCUT2D eigenvalue weighted by molar-refractivity contribution is 7.98. The second kappa shape index (κ2) is 8.82. The zero-order valence-corrected chi connectivity index (χ0v) is 15.2. The van der Waals surface area contributed by atoms with Gasteiger partial charge in [-0.1, -0.05) is 17.8 Å². The van der Waals surface area contributed by atoms with Crippen LogP contribution in [-0.4, -0.2) is 29.2 Å². The lowest BCUT2D eigenvalue weighted by Crippen LogP contribution is -2.27. The predicted molar refractivity (Wildman–Crippen MR) is 91.7 cm³/mol. The zero-order chi connectivity index (χ0) is 20.1. The van der Waals surface area contributed by atoms with Crippen molar-refractivity contribution in [1.29, 1.82) is 0 Å². The number of H-pyrrole nitrogens is 1. The highest BCUT2D eigenvalue weighted by Gasteiger charge is 2.32. The molecule has 0 bridgehead atoms. The van der Waals surface area contributed by atoms with Crippen molar-refractivity contribution in [2.24, 2.45) is 0 Å². The zero-order valence-electron chi connectivity index (χ0n) is 14.4. The van der Waals surface area contributed by atoms with Crippen LogP contribution in [0.25, 0.3) is 0 Å². The Labute approximate surface area is 161 Å². The van der Waals surface area contributed by atoms with Crippen LogP contribution >= 0.6 is 11.8 Å². The van der Waals surface area contributed by atoms with E-state index in [1.54, 1.807) is 0 Å². The van der Waals surface area contributed by atoms with Gasteiger partial charge in [0.2, 0.25) is 5.75 Å². The lowest BCUT2D eigenvalue weighted by atomic mass is 10.2. The molecule has 152 valence electrons. The number of nitrogens with zero attached hydrogens (tertiary/aromatic N) is 1. The second-order valence-corrected chi connectivity index (χ2v) is 6.86. The third-order valence-corrected chi connectivity index (χ3v) is 4.70. The van der Waals surface area contributed by atoms with Gasteiger partial charge in [-0.05, 0) is 30.5 Å². The highest BCUT2D eigenvalue weighted by atomic mass is 32.2. The van der Waals surface area contributed by atoms with Gasteiger partial charge in [0.25, 0.3) is 5.56 Å². The molecule has 1 aliphatic rings. The van der Waals surface area contributed by atoms with Crippen molar-refractivity contribution in [1.82, 2.24) is 9.97 Å². The molecule has 2 aromatic rings. The van der Waals surface area contributed by atoms with E-state index in [1.807, 2.05) is 0 Å². The fourth-order valence-electron chi connectivity index (χ4n) is 2.46. The molecule has 0 amide bonds. The average Bonchev–Trinajstić information content (AvgIpc) is 2.64. The molecule has 28 heavy (non-hydrogen) atoms. The number of ether oxygens (including phenoxy) is 3. The summed E-state index contributed by atoms with van der Waals surface area (Å²) in [5.74, 6) is -1.87. The molecular weight excluding hydrogens is 404 g/mol. The topological polar surface area (TPSA) is 73.4 Å². The summed E-state index contributed by atoms with van der Waals surface area (Å²) in [6.07, 6.45) is -1.63. The van der Waals surface area contributed by atoms with Gasteiger partial charge in [-0.2, -0.15) is 0 Å². The molecule has 2 heterocycles. The minimum atomic E-state index is -4.99. The van der Waals surface area contributed by atoms with Gasteiger partial charge in [0.15, 0.2) is 23.0 Å². The summed E-state index contributed by atoms with van der Waals surface area (Å²) in [5.41, 5.74) is -0.129. The van der Waals surface area contributed by atoms with E-state index in [-0.39, 0.29) is 16.7 Å². The third-order valence-electron chi connectivity index (χ3n) is 3.74. The van der Waals surface area contributed by atoms with E-state index in [0.717, 1.165) is 36.7 Å². The predicted octanol–water partition coefficient (Wildman–Crippen LogP) is 4.01. The van der Waals surface area contributed by atoms with E-state index < -0.39 is 29.8 Å². The third kappa shape index (κ3) is 5.86. The molecular formula is C17H16F4N2O4S. The summed E-state index contributed by atoms with van der Waals surface area (Å²) in [4.78, 5) is 18.7. The largest absolute Gasteiger partial charge is 0.573 e. The van der Waals surface area contributed by atoms with Gasteiger partial charge in [0.05, 0.1) is 12.8 Å². The lowest BCUT2D eigenvalue weighted by Gasteiger charge is -2.22. The molecule has 1 aromatic heterocycles. The number of benzene rings is 1. The minimum absolute atomic E-state index is 0.0268. The van der Waals surface area contributed by atoms with Gasteiger partial charge in [-0.25, -0.2) is 9.37 Å². The van der Waals surface area contributed by atoms with Crippen LogP contribution in [0.2, 0.25) is 0 Å². The number of aromatic nitrogens is 2. The monoisotopic (exact) mass is 420 g/mol. The maximum Gasteiger partial charge on any atom is 0.573 e. The number of aromatic amines is 1. The molecule has 6 nitrogen and oxygen atoms in total. The lowest BCUT2D eigenvalue weighted by molar-refractivity contribution is -0.275. The normalized spacial score (nSPS) is 17.4. The Morgan fingerprint density at radius 3 is 2.79 bits per heavy atom.